The van der Waals surface area contributed by atoms with Crippen molar-refractivity contribution >= 4 is 60.0 Å². The van der Waals surface area contributed by atoms with E-state index in [1.807, 2.05) is 37.2 Å². The van der Waals surface area contributed by atoms with Gasteiger partial charge < -0.3 is 21.5 Å². The molecule has 2 heterocycles. The van der Waals surface area contributed by atoms with Gasteiger partial charge in [0, 0.05) is 113 Å². The summed E-state index contributed by atoms with van der Waals surface area (Å²) < 4.78 is 32.3. The summed E-state index contributed by atoms with van der Waals surface area (Å²) in [4.78, 5) is 18.9. The van der Waals surface area contributed by atoms with Gasteiger partial charge in [0.25, 0.3) is 6.47 Å². The van der Waals surface area contributed by atoms with Crippen LogP contribution in [0.2, 0.25) is 0 Å². The normalized spacial score (nSPS) is 9.36. The molecule has 0 aliphatic carbocycles. The number of rotatable bonds is 5. The Hall–Kier alpha value is 2.88. The maximum absolute atomic E-state index is 11.5. The maximum Gasteiger partial charge on any atom is 1.00 e. The summed E-state index contributed by atoms with van der Waals surface area (Å²) in [5.41, 5.74) is 2.11. The third-order valence-corrected chi connectivity index (χ3v) is 6.20. The number of hydrogen-bond donors (Lipinski definition) is 0. The van der Waals surface area contributed by atoms with Crippen molar-refractivity contribution in [3.8, 4) is 12.4 Å². The van der Waals surface area contributed by atoms with Crippen LogP contribution in [0.5, 0.6) is 0 Å². The summed E-state index contributed by atoms with van der Waals surface area (Å²) in [6.45, 7) is -0.181. The molecule has 0 aliphatic heterocycles. The van der Waals surface area contributed by atoms with E-state index in [4.69, 9.17) is 32.2 Å². The van der Waals surface area contributed by atoms with E-state index in [0.717, 1.165) is 17.5 Å². The van der Waals surface area contributed by atoms with Crippen molar-refractivity contribution in [2.75, 3.05) is 56.6 Å². The molecule has 240 valence electrons. The molecule has 0 N–H and O–H groups in total. The third-order valence-electron chi connectivity index (χ3n) is 3.19. The van der Waals surface area contributed by atoms with Crippen molar-refractivity contribution in [1.82, 2.24) is 9.97 Å². The van der Waals surface area contributed by atoms with Gasteiger partial charge in [-0.15, -0.1) is 27.1 Å². The molecule has 0 aliphatic rings. The number of nitrogens with zero attached hydrogens (tertiary/aromatic N) is 7. The van der Waals surface area contributed by atoms with Crippen LogP contribution in [0, 0.1) is 35.3 Å². The minimum atomic E-state index is -2.16. The molecule has 0 fully saturated rings. The van der Waals surface area contributed by atoms with Crippen molar-refractivity contribution in [3.05, 3.63) is 60.2 Å². The molecule has 2 aromatic heterocycles. The molecule has 0 spiro atoms. The molecule has 0 aromatic carbocycles. The fourth-order valence-electron chi connectivity index (χ4n) is 1.51. The van der Waals surface area contributed by atoms with E-state index >= 15 is 0 Å². The monoisotopic (exact) mass is 923 g/mol. The van der Waals surface area contributed by atoms with Crippen LogP contribution in [0.15, 0.2) is 49.7 Å². The molecule has 0 bridgehead atoms. The van der Waals surface area contributed by atoms with Crippen LogP contribution in [0.4, 0.5) is 0 Å². The topological polar surface area (TPSA) is 194 Å². The van der Waals surface area contributed by atoms with E-state index in [1.54, 1.807) is 55.8 Å². The molecule has 0 saturated heterocycles. The third kappa shape index (κ3) is 65.8. The zero-order chi connectivity index (χ0) is 32.6. The van der Waals surface area contributed by atoms with E-state index in [2.05, 4.69) is 40.3 Å². The number of aromatic nitrogens is 2. The Morgan fingerprint density at radius 2 is 1.49 bits per heavy atom. The van der Waals surface area contributed by atoms with Gasteiger partial charge in [-0.05, 0) is 31.4 Å². The Labute approximate surface area is 419 Å². The predicted molar refractivity (Wildman–Crippen MR) is 170 cm³/mol. The summed E-state index contributed by atoms with van der Waals surface area (Å²) >= 11 is 7.22. The molecular weight excluding hydrogens is 886 g/mol. The van der Waals surface area contributed by atoms with Crippen LogP contribution >= 0.6 is 23.4 Å². The van der Waals surface area contributed by atoms with Crippen LogP contribution in [0.1, 0.15) is 12.6 Å². The first kappa shape index (κ1) is 66.2. The standard InChI is InChI=1S/C9H13N2OS.C6H5ClN.C3H6N2OS.C3H6N2S.C2H6S.CH2O3.2K.2Y.H/c1-10-13(2,12)7-5-9-4-3-6-11-8-9;7-4-6-2-1-3-8-5-6;1-7(2,6)5-3-4;1-6(2)5-3-4;1-3-2;2-1-4-3;;;;;/h3-4,8H,5,7H2,1-2H3;1-2,5H,4H2;1-2H3;1-2H3;1-2H3;1,3H;;;;;/q2*-1;;;;;2*+1;;;-1/p-1. The van der Waals surface area contributed by atoms with E-state index in [-0.39, 0.29) is 187 Å². The van der Waals surface area contributed by atoms with Gasteiger partial charge in [0.2, 0.25) is 12.4 Å². The first-order valence-corrected chi connectivity index (χ1v) is 19.4. The molecule has 0 amide bonds. The molecule has 12 nitrogen and oxygen atoms in total. The van der Waals surface area contributed by atoms with Gasteiger partial charge in [0.05, 0.1) is 9.73 Å². The second-order valence-electron chi connectivity index (χ2n) is 7.26. The fourth-order valence-corrected chi connectivity index (χ4v) is 2.82. The number of alkyl halides is 1. The van der Waals surface area contributed by atoms with Crippen molar-refractivity contribution in [3.63, 3.8) is 0 Å². The zero-order valence-electron chi connectivity index (χ0n) is 28.5. The number of hydrogen-bond acceptors (Lipinski definition) is 13. The minimum Gasteiger partial charge on any atom is -1.00 e. The fraction of sp³-hybridized carbons (Fsp3) is 0.458. The molecule has 0 saturated carbocycles. The second kappa shape index (κ2) is 49.0. The Morgan fingerprint density at radius 3 is 1.67 bits per heavy atom. The van der Waals surface area contributed by atoms with Gasteiger partial charge in [-0.2, -0.15) is 50.9 Å². The van der Waals surface area contributed by atoms with Gasteiger partial charge in [0.1, 0.15) is 0 Å². The summed E-state index contributed by atoms with van der Waals surface area (Å²) in [7, 11) is -2.60. The maximum atomic E-state index is 11.5. The Bertz CT molecular complexity index is 1290. The number of thioether (sulfide) groups is 1. The molecule has 45 heavy (non-hydrogen) atoms. The number of nitriles is 2. The predicted octanol–water partition coefficient (Wildman–Crippen LogP) is -2.97. The number of pyridine rings is 2. The Balaban J connectivity index is -0.0000000529. The minimum absolute atomic E-state index is 0. The first-order chi connectivity index (χ1) is 19.2. The zero-order valence-corrected chi connectivity index (χ0v) is 43.4. The summed E-state index contributed by atoms with van der Waals surface area (Å²) in [5.74, 6) is 1.12. The van der Waals surface area contributed by atoms with E-state index in [9.17, 15) is 8.42 Å². The Morgan fingerprint density at radius 1 is 1.07 bits per heavy atom. The molecular formula is C24H38ClK2N7O5S4Y2-2. The Kier molecular flexibility index (Phi) is 72.0. The van der Waals surface area contributed by atoms with Crippen LogP contribution in [-0.4, -0.2) is 81.4 Å². The smallest absolute Gasteiger partial charge is 1.00 e. The van der Waals surface area contributed by atoms with Crippen molar-refractivity contribution in [1.29, 1.82) is 10.5 Å². The molecule has 2 radical (unpaired) electrons. The van der Waals surface area contributed by atoms with Gasteiger partial charge in [-0.1, -0.05) is 35.5 Å². The van der Waals surface area contributed by atoms with Crippen molar-refractivity contribution < 1.29 is 193 Å². The van der Waals surface area contributed by atoms with E-state index in [1.165, 1.54) is 18.7 Å². The summed E-state index contributed by atoms with van der Waals surface area (Å²) in [5, 5.41) is 24.1. The molecule has 1 unspecified atom stereocenters. The van der Waals surface area contributed by atoms with Gasteiger partial charge in [0.15, 0.2) is 0 Å². The van der Waals surface area contributed by atoms with E-state index < -0.39 is 19.5 Å². The molecule has 1 atom stereocenters. The van der Waals surface area contributed by atoms with E-state index in [0.29, 0.717) is 11.6 Å². The van der Waals surface area contributed by atoms with Crippen LogP contribution in [-0.2, 0) is 118 Å². The largest absolute Gasteiger partial charge is 1.00 e. The van der Waals surface area contributed by atoms with Crippen molar-refractivity contribution in [2.24, 2.45) is 13.1 Å². The summed E-state index contributed by atoms with van der Waals surface area (Å²) in [6, 6.07) is 7.33. The van der Waals surface area contributed by atoms with Gasteiger partial charge in [-0.25, -0.2) is 8.57 Å². The number of aryl methyl sites for hydroxylation is 1. The number of carbonyl (C=O) groups is 1. The quantitative estimate of drug-likeness (QED) is 0.0569. The number of halogens is 1. The molecule has 2 aromatic rings. The van der Waals surface area contributed by atoms with Crippen molar-refractivity contribution in [2.45, 2.75) is 12.3 Å². The second-order valence-corrected chi connectivity index (χ2v) is 15.3. The average Bonchev–Trinajstić information content (AvgIpc) is 2.94. The van der Waals surface area contributed by atoms with Crippen LogP contribution < -0.4 is 108 Å². The molecule has 21 heteroatoms. The van der Waals surface area contributed by atoms with Crippen LogP contribution in [0.3, 0.4) is 0 Å². The van der Waals surface area contributed by atoms with Gasteiger partial charge >= 0.3 is 103 Å². The molecule has 2 rings (SSSR count). The van der Waals surface area contributed by atoms with Crippen LogP contribution in [0.25, 0.3) is 0 Å². The average molecular weight is 924 g/mol. The summed E-state index contributed by atoms with van der Waals surface area (Å²) in [6.07, 6.45) is 25.1. The first-order valence-electron chi connectivity index (χ1n) is 10.8. The SMILES string of the molecule is CN=S(C)(=O)CCc1cc[c-]nc1.CS(C)(=O)=NC#N.CS(C)=NC#N.CSC.ClCc1cc[c-]nc1.O=CO[O-].[H-].[K+].[K+].[Y].[Y]. The van der Waals surface area contributed by atoms with Gasteiger partial charge in [-0.3, -0.25) is 9.00 Å². The number of carbonyl (C=O) groups excluding carboxylic acids is 1.